The van der Waals surface area contributed by atoms with Crippen LogP contribution in [0, 0.1) is 0 Å². The molecule has 1 aromatic rings. The van der Waals surface area contributed by atoms with Crippen molar-refractivity contribution in [2.45, 2.75) is 37.8 Å². The van der Waals surface area contributed by atoms with Crippen LogP contribution in [0.3, 0.4) is 0 Å². The van der Waals surface area contributed by atoms with Crippen molar-refractivity contribution in [3.05, 3.63) is 29.8 Å². The average molecular weight is 301 g/mol. The standard InChI is InChI=1S/C14H23NO2S2/c1-14(2,3)15-11-12-7-5-6-8-13(12)18-9-10-19(4,16)17/h5-8,15H,9-11H2,1-4H3. The molecular formula is C14H23NO2S2. The number of thioether (sulfide) groups is 1. The first kappa shape index (κ1) is 16.5. The smallest absolute Gasteiger partial charge is 0.148 e. The average Bonchev–Trinajstić information content (AvgIpc) is 2.25. The molecule has 0 aliphatic heterocycles. The van der Waals surface area contributed by atoms with Crippen molar-refractivity contribution in [3.63, 3.8) is 0 Å². The van der Waals surface area contributed by atoms with E-state index in [0.29, 0.717) is 5.75 Å². The van der Waals surface area contributed by atoms with Gasteiger partial charge < -0.3 is 5.32 Å². The van der Waals surface area contributed by atoms with E-state index >= 15 is 0 Å². The Morgan fingerprint density at radius 3 is 2.42 bits per heavy atom. The summed E-state index contributed by atoms with van der Waals surface area (Å²) in [6.45, 7) is 7.19. The molecule has 0 unspecified atom stereocenters. The molecule has 0 aliphatic carbocycles. The summed E-state index contributed by atoms with van der Waals surface area (Å²) in [4.78, 5) is 1.16. The van der Waals surface area contributed by atoms with Crippen LogP contribution in [-0.4, -0.2) is 31.7 Å². The van der Waals surface area contributed by atoms with Crippen molar-refractivity contribution in [2.24, 2.45) is 0 Å². The number of sulfone groups is 1. The summed E-state index contributed by atoms with van der Waals surface area (Å²) in [5, 5.41) is 3.45. The van der Waals surface area contributed by atoms with E-state index in [4.69, 9.17) is 0 Å². The Hall–Kier alpha value is -0.520. The highest BCUT2D eigenvalue weighted by molar-refractivity contribution is 8.00. The zero-order valence-electron chi connectivity index (χ0n) is 12.1. The van der Waals surface area contributed by atoms with E-state index in [9.17, 15) is 8.42 Å². The highest BCUT2D eigenvalue weighted by Gasteiger charge is 2.11. The van der Waals surface area contributed by atoms with E-state index in [2.05, 4.69) is 32.2 Å². The summed E-state index contributed by atoms with van der Waals surface area (Å²) >= 11 is 1.61. The Labute approximate surface area is 121 Å². The first-order chi connectivity index (χ1) is 8.67. The second-order valence-corrected chi connectivity index (χ2v) is 9.09. The first-order valence-electron chi connectivity index (χ1n) is 6.31. The molecule has 0 amide bonds. The fourth-order valence-electron chi connectivity index (χ4n) is 1.45. The van der Waals surface area contributed by atoms with Gasteiger partial charge in [-0.2, -0.15) is 0 Å². The van der Waals surface area contributed by atoms with Gasteiger partial charge in [-0.1, -0.05) is 18.2 Å². The molecule has 0 saturated carbocycles. The molecule has 0 fully saturated rings. The van der Waals surface area contributed by atoms with E-state index in [1.165, 1.54) is 11.8 Å². The van der Waals surface area contributed by atoms with E-state index in [1.807, 2.05) is 18.2 Å². The summed E-state index contributed by atoms with van der Waals surface area (Å²) in [5.74, 6) is 0.823. The van der Waals surface area contributed by atoms with Gasteiger partial charge in [0, 0.05) is 29.0 Å². The second-order valence-electron chi connectivity index (χ2n) is 5.69. The van der Waals surface area contributed by atoms with Crippen LogP contribution >= 0.6 is 11.8 Å². The zero-order valence-corrected chi connectivity index (χ0v) is 13.7. The van der Waals surface area contributed by atoms with Crippen LogP contribution in [-0.2, 0) is 16.4 Å². The van der Waals surface area contributed by atoms with Crippen molar-refractivity contribution < 1.29 is 8.42 Å². The lowest BCUT2D eigenvalue weighted by molar-refractivity contribution is 0.422. The summed E-state index contributed by atoms with van der Waals surface area (Å²) in [6, 6.07) is 8.14. The molecule has 5 heteroatoms. The van der Waals surface area contributed by atoms with Gasteiger partial charge in [0.05, 0.1) is 5.75 Å². The van der Waals surface area contributed by atoms with E-state index in [1.54, 1.807) is 11.8 Å². The lowest BCUT2D eigenvalue weighted by Crippen LogP contribution is -2.35. The summed E-state index contributed by atoms with van der Waals surface area (Å²) in [6.07, 6.45) is 1.28. The number of rotatable bonds is 6. The molecule has 1 aromatic carbocycles. The van der Waals surface area contributed by atoms with Gasteiger partial charge in [-0.15, -0.1) is 11.8 Å². The number of benzene rings is 1. The fourth-order valence-corrected chi connectivity index (χ4v) is 3.72. The van der Waals surface area contributed by atoms with Gasteiger partial charge in [0.2, 0.25) is 0 Å². The topological polar surface area (TPSA) is 46.2 Å². The van der Waals surface area contributed by atoms with Crippen LogP contribution in [0.4, 0.5) is 0 Å². The van der Waals surface area contributed by atoms with Crippen LogP contribution in [0.15, 0.2) is 29.2 Å². The molecule has 0 aliphatic rings. The van der Waals surface area contributed by atoms with Gasteiger partial charge in [-0.3, -0.25) is 0 Å². The Morgan fingerprint density at radius 1 is 1.21 bits per heavy atom. The highest BCUT2D eigenvalue weighted by atomic mass is 32.2. The number of hydrogen-bond donors (Lipinski definition) is 1. The van der Waals surface area contributed by atoms with Crippen LogP contribution in [0.1, 0.15) is 26.3 Å². The largest absolute Gasteiger partial charge is 0.308 e. The minimum atomic E-state index is -2.88. The molecule has 0 aromatic heterocycles. The molecule has 0 atom stereocenters. The van der Waals surface area contributed by atoms with Crippen LogP contribution in [0.25, 0.3) is 0 Å². The minimum Gasteiger partial charge on any atom is -0.308 e. The highest BCUT2D eigenvalue weighted by Crippen LogP contribution is 2.23. The number of hydrogen-bond acceptors (Lipinski definition) is 4. The Balaban J connectivity index is 2.63. The normalized spacial score (nSPS) is 12.6. The predicted octanol–water partition coefficient (Wildman–Crippen LogP) is 2.71. The van der Waals surface area contributed by atoms with Gasteiger partial charge in [0.1, 0.15) is 9.84 Å². The predicted molar refractivity (Wildman–Crippen MR) is 83.5 cm³/mol. The quantitative estimate of drug-likeness (QED) is 0.821. The summed E-state index contributed by atoms with van der Waals surface area (Å²) in [5.41, 5.74) is 1.29. The molecule has 0 saturated heterocycles. The van der Waals surface area contributed by atoms with E-state index < -0.39 is 9.84 Å². The van der Waals surface area contributed by atoms with Gasteiger partial charge in [-0.05, 0) is 32.4 Å². The van der Waals surface area contributed by atoms with E-state index in [-0.39, 0.29) is 11.3 Å². The second kappa shape index (κ2) is 6.77. The fraction of sp³-hybridized carbons (Fsp3) is 0.571. The van der Waals surface area contributed by atoms with Crippen LogP contribution in [0.2, 0.25) is 0 Å². The maximum absolute atomic E-state index is 11.1. The minimum absolute atomic E-state index is 0.0739. The molecule has 108 valence electrons. The van der Waals surface area contributed by atoms with Crippen molar-refractivity contribution in [3.8, 4) is 0 Å². The molecule has 0 heterocycles. The van der Waals surface area contributed by atoms with Crippen molar-refractivity contribution in [1.82, 2.24) is 5.32 Å². The molecule has 3 nitrogen and oxygen atoms in total. The third-order valence-electron chi connectivity index (χ3n) is 2.49. The third kappa shape index (κ3) is 7.60. The molecule has 1 N–H and O–H groups in total. The van der Waals surface area contributed by atoms with Gasteiger partial charge in [0.25, 0.3) is 0 Å². The molecule has 0 spiro atoms. The van der Waals surface area contributed by atoms with Crippen LogP contribution < -0.4 is 5.32 Å². The van der Waals surface area contributed by atoms with Gasteiger partial charge >= 0.3 is 0 Å². The molecule has 0 radical (unpaired) electrons. The van der Waals surface area contributed by atoms with E-state index in [0.717, 1.165) is 11.4 Å². The Bertz CT molecular complexity index is 504. The number of nitrogens with one attached hydrogen (secondary N) is 1. The summed E-state index contributed by atoms with van der Waals surface area (Å²) in [7, 11) is -2.88. The maximum atomic E-state index is 11.1. The van der Waals surface area contributed by atoms with Crippen LogP contribution in [0.5, 0.6) is 0 Å². The Morgan fingerprint density at radius 2 is 1.84 bits per heavy atom. The van der Waals surface area contributed by atoms with Crippen molar-refractivity contribution in [2.75, 3.05) is 17.8 Å². The molecular weight excluding hydrogens is 278 g/mol. The third-order valence-corrected chi connectivity index (χ3v) is 4.82. The Kier molecular flexibility index (Phi) is 5.89. The molecule has 19 heavy (non-hydrogen) atoms. The maximum Gasteiger partial charge on any atom is 0.148 e. The zero-order chi connectivity index (χ0) is 14.5. The lowest BCUT2D eigenvalue weighted by atomic mass is 10.1. The summed E-state index contributed by atoms with van der Waals surface area (Å²) < 4.78 is 22.3. The lowest BCUT2D eigenvalue weighted by Gasteiger charge is -2.21. The van der Waals surface area contributed by atoms with Crippen molar-refractivity contribution in [1.29, 1.82) is 0 Å². The molecule has 1 rings (SSSR count). The molecule has 0 bridgehead atoms. The van der Waals surface area contributed by atoms with Crippen molar-refractivity contribution >= 4 is 21.6 Å². The SMILES string of the molecule is CC(C)(C)NCc1ccccc1SCCS(C)(=O)=O. The monoisotopic (exact) mass is 301 g/mol. The first-order valence-corrected chi connectivity index (χ1v) is 9.35. The van der Waals surface area contributed by atoms with Gasteiger partial charge in [0.15, 0.2) is 0 Å². The van der Waals surface area contributed by atoms with Gasteiger partial charge in [-0.25, -0.2) is 8.42 Å².